The zero-order valence-electron chi connectivity index (χ0n) is 15.7. The van der Waals surface area contributed by atoms with Crippen LogP contribution >= 0.6 is 0 Å². The average molecular weight is 400 g/mol. The van der Waals surface area contributed by atoms with Gasteiger partial charge in [0.15, 0.2) is 0 Å². The molecule has 0 bridgehead atoms. The molecule has 0 aliphatic heterocycles. The van der Waals surface area contributed by atoms with Crippen LogP contribution in [0.3, 0.4) is 0 Å². The van der Waals surface area contributed by atoms with Gasteiger partial charge in [-0.2, -0.15) is 4.98 Å². The average Bonchev–Trinajstić information content (AvgIpc) is 3.15. The van der Waals surface area contributed by atoms with Crippen LogP contribution in [0.15, 0.2) is 59.1 Å². The molecule has 0 aliphatic carbocycles. The highest BCUT2D eigenvalue weighted by Crippen LogP contribution is 2.18. The van der Waals surface area contributed by atoms with Crippen LogP contribution in [-0.2, 0) is 16.6 Å². The summed E-state index contributed by atoms with van der Waals surface area (Å²) in [5.41, 5.74) is 1.74. The maximum atomic E-state index is 12.6. The van der Waals surface area contributed by atoms with Crippen molar-refractivity contribution in [1.82, 2.24) is 15.0 Å². The molecule has 146 valence electrons. The Balaban J connectivity index is 1.69. The predicted octanol–water partition coefficient (Wildman–Crippen LogP) is 2.40. The van der Waals surface area contributed by atoms with Crippen molar-refractivity contribution in [2.45, 2.75) is 6.54 Å². The number of amides is 1. The molecule has 1 amide bonds. The lowest BCUT2D eigenvalue weighted by Crippen LogP contribution is -2.27. The standard InChI is InChI=1S/C19H20N4O4S/c1-22(13-17-20-18(21-27-17)14-7-5-4-6-8-14)19(24)15-9-11-16(12-10-15)23(2)28(3,25)26/h4-12H,13H2,1-3H3. The summed E-state index contributed by atoms with van der Waals surface area (Å²) in [7, 11) is -0.269. The number of carbonyl (C=O) groups is 1. The van der Waals surface area contributed by atoms with Gasteiger partial charge in [-0.05, 0) is 24.3 Å². The van der Waals surface area contributed by atoms with E-state index in [1.165, 1.54) is 11.9 Å². The minimum atomic E-state index is -3.36. The maximum absolute atomic E-state index is 12.6. The molecule has 0 N–H and O–H groups in total. The van der Waals surface area contributed by atoms with Crippen molar-refractivity contribution in [1.29, 1.82) is 0 Å². The Labute approximate surface area is 163 Å². The van der Waals surface area contributed by atoms with E-state index in [4.69, 9.17) is 4.52 Å². The number of aromatic nitrogens is 2. The summed E-state index contributed by atoms with van der Waals surface area (Å²) in [5.74, 6) is 0.542. The first kappa shape index (κ1) is 19.6. The van der Waals surface area contributed by atoms with Crippen LogP contribution in [0.25, 0.3) is 11.4 Å². The van der Waals surface area contributed by atoms with Gasteiger partial charge in [-0.15, -0.1) is 0 Å². The molecular formula is C19H20N4O4S. The largest absolute Gasteiger partial charge is 0.337 e. The van der Waals surface area contributed by atoms with Gasteiger partial charge in [-0.1, -0.05) is 35.5 Å². The summed E-state index contributed by atoms with van der Waals surface area (Å²) in [6.07, 6.45) is 1.12. The van der Waals surface area contributed by atoms with E-state index >= 15 is 0 Å². The lowest BCUT2D eigenvalue weighted by atomic mass is 10.2. The Morgan fingerprint density at radius 1 is 1.04 bits per heavy atom. The zero-order valence-corrected chi connectivity index (χ0v) is 16.5. The second kappa shape index (κ2) is 7.81. The lowest BCUT2D eigenvalue weighted by molar-refractivity contribution is 0.0769. The molecule has 0 atom stereocenters. The third-order valence-corrected chi connectivity index (χ3v) is 5.40. The van der Waals surface area contributed by atoms with E-state index in [1.54, 1.807) is 31.3 Å². The minimum Gasteiger partial charge on any atom is -0.337 e. The van der Waals surface area contributed by atoms with Crippen molar-refractivity contribution in [2.75, 3.05) is 24.7 Å². The maximum Gasteiger partial charge on any atom is 0.254 e. The first-order valence-corrected chi connectivity index (χ1v) is 10.3. The second-order valence-corrected chi connectivity index (χ2v) is 8.33. The summed E-state index contributed by atoms with van der Waals surface area (Å²) < 4.78 is 29.6. The molecular weight excluding hydrogens is 380 g/mol. The van der Waals surface area contributed by atoms with E-state index in [9.17, 15) is 13.2 Å². The monoisotopic (exact) mass is 400 g/mol. The molecule has 0 saturated carbocycles. The first-order valence-electron chi connectivity index (χ1n) is 8.43. The number of hydrogen-bond donors (Lipinski definition) is 0. The van der Waals surface area contributed by atoms with E-state index in [2.05, 4.69) is 10.1 Å². The van der Waals surface area contributed by atoms with Crippen LogP contribution in [0.2, 0.25) is 0 Å². The van der Waals surface area contributed by atoms with Crippen LogP contribution < -0.4 is 4.31 Å². The molecule has 9 heteroatoms. The molecule has 8 nitrogen and oxygen atoms in total. The van der Waals surface area contributed by atoms with Gasteiger partial charge in [-0.25, -0.2) is 8.42 Å². The highest BCUT2D eigenvalue weighted by atomic mass is 32.2. The predicted molar refractivity (Wildman–Crippen MR) is 105 cm³/mol. The van der Waals surface area contributed by atoms with Gasteiger partial charge in [-0.3, -0.25) is 9.10 Å². The summed E-state index contributed by atoms with van der Waals surface area (Å²) in [6.45, 7) is 0.156. The number of benzene rings is 2. The van der Waals surface area contributed by atoms with Crippen molar-refractivity contribution >= 4 is 21.6 Å². The minimum absolute atomic E-state index is 0.156. The van der Waals surface area contributed by atoms with E-state index in [1.807, 2.05) is 30.3 Å². The number of anilines is 1. The van der Waals surface area contributed by atoms with E-state index in [0.717, 1.165) is 16.1 Å². The van der Waals surface area contributed by atoms with Gasteiger partial charge >= 0.3 is 0 Å². The summed E-state index contributed by atoms with van der Waals surface area (Å²) in [6, 6.07) is 15.7. The van der Waals surface area contributed by atoms with Crippen molar-refractivity contribution < 1.29 is 17.7 Å². The highest BCUT2D eigenvalue weighted by Gasteiger charge is 2.17. The molecule has 0 saturated heterocycles. The van der Waals surface area contributed by atoms with Crippen LogP contribution in [0.4, 0.5) is 5.69 Å². The number of carbonyl (C=O) groups excluding carboxylic acids is 1. The fourth-order valence-corrected chi connectivity index (χ4v) is 3.03. The van der Waals surface area contributed by atoms with Gasteiger partial charge in [0, 0.05) is 25.2 Å². The van der Waals surface area contributed by atoms with Gasteiger partial charge in [0.1, 0.15) is 0 Å². The SMILES string of the molecule is CN(Cc1nc(-c2ccccc2)no1)C(=O)c1ccc(N(C)S(C)(=O)=O)cc1. The van der Waals surface area contributed by atoms with E-state index < -0.39 is 10.0 Å². The number of nitrogens with zero attached hydrogens (tertiary/aromatic N) is 4. The molecule has 1 heterocycles. The Morgan fingerprint density at radius 3 is 2.29 bits per heavy atom. The quantitative estimate of drug-likeness (QED) is 0.630. The Morgan fingerprint density at radius 2 is 1.68 bits per heavy atom. The van der Waals surface area contributed by atoms with Gasteiger partial charge in [0.2, 0.25) is 21.7 Å². The molecule has 0 spiro atoms. The van der Waals surface area contributed by atoms with Crippen molar-refractivity contribution in [3.05, 3.63) is 66.1 Å². The fraction of sp³-hybridized carbons (Fsp3) is 0.211. The smallest absolute Gasteiger partial charge is 0.254 e. The van der Waals surface area contributed by atoms with E-state index in [-0.39, 0.29) is 12.5 Å². The normalized spacial score (nSPS) is 11.2. The third-order valence-electron chi connectivity index (χ3n) is 4.19. The molecule has 0 radical (unpaired) electrons. The van der Waals surface area contributed by atoms with E-state index in [0.29, 0.717) is 23.0 Å². The molecule has 28 heavy (non-hydrogen) atoms. The molecule has 3 rings (SSSR count). The molecule has 3 aromatic rings. The summed E-state index contributed by atoms with van der Waals surface area (Å²) in [5, 5.41) is 3.94. The molecule has 0 aliphatic rings. The third kappa shape index (κ3) is 4.37. The topological polar surface area (TPSA) is 96.6 Å². The second-order valence-electron chi connectivity index (χ2n) is 6.32. The number of sulfonamides is 1. The molecule has 1 aromatic heterocycles. The highest BCUT2D eigenvalue weighted by molar-refractivity contribution is 7.92. The lowest BCUT2D eigenvalue weighted by Gasteiger charge is -2.18. The Kier molecular flexibility index (Phi) is 5.46. The fourth-order valence-electron chi connectivity index (χ4n) is 2.52. The van der Waals surface area contributed by atoms with Crippen molar-refractivity contribution in [3.63, 3.8) is 0 Å². The zero-order chi connectivity index (χ0) is 20.3. The van der Waals surface area contributed by atoms with Crippen molar-refractivity contribution in [3.8, 4) is 11.4 Å². The number of hydrogen-bond acceptors (Lipinski definition) is 6. The van der Waals surface area contributed by atoms with Crippen LogP contribution in [0.5, 0.6) is 0 Å². The Hall–Kier alpha value is -3.20. The summed E-state index contributed by atoms with van der Waals surface area (Å²) >= 11 is 0. The molecule has 2 aromatic carbocycles. The molecule has 0 unspecified atom stereocenters. The van der Waals surface area contributed by atoms with Gasteiger partial charge in [0.25, 0.3) is 5.91 Å². The van der Waals surface area contributed by atoms with Crippen LogP contribution in [0, 0.1) is 0 Å². The number of rotatable bonds is 6. The van der Waals surface area contributed by atoms with Crippen LogP contribution in [0.1, 0.15) is 16.2 Å². The molecule has 0 fully saturated rings. The van der Waals surface area contributed by atoms with Crippen LogP contribution in [-0.4, -0.2) is 49.7 Å². The van der Waals surface area contributed by atoms with Crippen molar-refractivity contribution in [2.24, 2.45) is 0 Å². The van der Waals surface area contributed by atoms with Gasteiger partial charge in [0.05, 0.1) is 18.5 Å². The van der Waals surface area contributed by atoms with Gasteiger partial charge < -0.3 is 9.42 Å². The Bertz CT molecular complexity index is 1060. The first-order chi connectivity index (χ1) is 13.3. The summed E-state index contributed by atoms with van der Waals surface area (Å²) in [4.78, 5) is 18.4.